The van der Waals surface area contributed by atoms with Gasteiger partial charge in [-0.25, -0.2) is 0 Å². The zero-order chi connectivity index (χ0) is 21.4. The number of rotatable bonds is 9. The summed E-state index contributed by atoms with van der Waals surface area (Å²) in [6.45, 7) is 6.70. The van der Waals surface area contributed by atoms with Crippen molar-refractivity contribution in [3.05, 3.63) is 59.7 Å². The number of aryl methyl sites for hydroxylation is 1. The van der Waals surface area contributed by atoms with Crippen molar-refractivity contribution >= 4 is 35.2 Å². The number of thioether (sulfide) groups is 1. The van der Waals surface area contributed by atoms with Crippen LogP contribution in [0.1, 0.15) is 36.2 Å². The summed E-state index contributed by atoms with van der Waals surface area (Å²) in [5, 5.41) is 2.53. The first-order valence-corrected chi connectivity index (χ1v) is 10.4. The van der Waals surface area contributed by atoms with Crippen molar-refractivity contribution in [1.29, 1.82) is 0 Å². The van der Waals surface area contributed by atoms with Gasteiger partial charge in [-0.05, 0) is 57.2 Å². The largest absolute Gasteiger partial charge is 0.366 e. The third kappa shape index (κ3) is 6.94. The number of hydrogen-bond acceptors (Lipinski definition) is 4. The second-order valence-electron chi connectivity index (χ2n) is 6.73. The lowest BCUT2D eigenvalue weighted by Crippen LogP contribution is -2.38. The van der Waals surface area contributed by atoms with E-state index in [0.717, 1.165) is 4.90 Å². The Labute approximate surface area is 175 Å². The van der Waals surface area contributed by atoms with Crippen LogP contribution in [0.4, 0.5) is 5.69 Å². The standard InChI is InChI=1S/C22H27N3O3S/c1-4-25(22(28)16(3)29-19-11-5-15(2)6-12-19)14-13-20(26)24-18-9-7-17(8-10-18)21(23)27/h5-12,16H,4,13-14H2,1-3H3,(H2,23,27)(H,24,26). The number of amides is 3. The molecule has 0 spiro atoms. The van der Waals surface area contributed by atoms with E-state index in [1.165, 1.54) is 17.3 Å². The van der Waals surface area contributed by atoms with E-state index in [2.05, 4.69) is 5.32 Å². The molecule has 154 valence electrons. The van der Waals surface area contributed by atoms with Gasteiger partial charge >= 0.3 is 0 Å². The highest BCUT2D eigenvalue weighted by Gasteiger charge is 2.21. The van der Waals surface area contributed by atoms with Crippen molar-refractivity contribution in [3.8, 4) is 0 Å². The minimum atomic E-state index is -0.516. The molecule has 0 aliphatic heterocycles. The number of hydrogen-bond donors (Lipinski definition) is 2. The lowest BCUT2D eigenvalue weighted by Gasteiger charge is -2.24. The highest BCUT2D eigenvalue weighted by atomic mass is 32.2. The molecule has 2 aromatic rings. The highest BCUT2D eigenvalue weighted by molar-refractivity contribution is 8.00. The Hall–Kier alpha value is -2.80. The average Bonchev–Trinajstić information content (AvgIpc) is 2.70. The summed E-state index contributed by atoms with van der Waals surface area (Å²) < 4.78 is 0. The molecule has 0 aliphatic rings. The molecule has 1 unspecified atom stereocenters. The predicted octanol–water partition coefficient (Wildman–Crippen LogP) is 3.45. The Bertz CT molecular complexity index is 851. The molecule has 0 heterocycles. The summed E-state index contributed by atoms with van der Waals surface area (Å²) in [5.41, 5.74) is 7.34. The third-order valence-electron chi connectivity index (χ3n) is 4.44. The summed E-state index contributed by atoms with van der Waals surface area (Å²) in [6.07, 6.45) is 0.194. The maximum absolute atomic E-state index is 12.7. The lowest BCUT2D eigenvalue weighted by molar-refractivity contribution is -0.130. The van der Waals surface area contributed by atoms with Gasteiger partial charge in [-0.2, -0.15) is 0 Å². The molecule has 29 heavy (non-hydrogen) atoms. The second kappa shape index (κ2) is 10.7. The molecule has 0 saturated carbocycles. The number of benzene rings is 2. The Kier molecular flexibility index (Phi) is 8.27. The molecule has 3 amide bonds. The van der Waals surface area contributed by atoms with Crippen molar-refractivity contribution in [1.82, 2.24) is 4.90 Å². The van der Waals surface area contributed by atoms with Crippen LogP contribution in [0.5, 0.6) is 0 Å². The van der Waals surface area contributed by atoms with Crippen LogP contribution in [0.3, 0.4) is 0 Å². The molecular weight excluding hydrogens is 386 g/mol. The Morgan fingerprint density at radius 1 is 1.07 bits per heavy atom. The highest BCUT2D eigenvalue weighted by Crippen LogP contribution is 2.24. The number of carbonyl (C=O) groups excluding carboxylic acids is 3. The van der Waals surface area contributed by atoms with E-state index in [0.29, 0.717) is 24.3 Å². The molecule has 2 rings (SSSR count). The number of carbonyl (C=O) groups is 3. The summed E-state index contributed by atoms with van der Waals surface area (Å²) in [6, 6.07) is 14.4. The maximum Gasteiger partial charge on any atom is 0.248 e. The van der Waals surface area contributed by atoms with Crippen LogP contribution in [0, 0.1) is 6.92 Å². The Morgan fingerprint density at radius 3 is 2.24 bits per heavy atom. The van der Waals surface area contributed by atoms with Crippen molar-refractivity contribution in [2.24, 2.45) is 5.73 Å². The monoisotopic (exact) mass is 413 g/mol. The number of anilines is 1. The smallest absolute Gasteiger partial charge is 0.248 e. The maximum atomic E-state index is 12.7. The first-order valence-electron chi connectivity index (χ1n) is 9.52. The molecule has 1 atom stereocenters. The topological polar surface area (TPSA) is 92.5 Å². The van der Waals surface area contributed by atoms with Gasteiger partial charge in [-0.3, -0.25) is 14.4 Å². The molecule has 0 aliphatic carbocycles. The molecule has 0 fully saturated rings. The summed E-state index contributed by atoms with van der Waals surface area (Å²) in [7, 11) is 0. The zero-order valence-electron chi connectivity index (χ0n) is 17.0. The van der Waals surface area contributed by atoms with Gasteiger partial charge in [-0.15, -0.1) is 11.8 Å². The zero-order valence-corrected chi connectivity index (χ0v) is 17.8. The summed E-state index contributed by atoms with van der Waals surface area (Å²) >= 11 is 1.52. The minimum absolute atomic E-state index is 0.0108. The van der Waals surface area contributed by atoms with Gasteiger partial charge in [0.15, 0.2) is 0 Å². The molecule has 0 aromatic heterocycles. The van der Waals surface area contributed by atoms with Crippen LogP contribution in [-0.2, 0) is 9.59 Å². The fourth-order valence-corrected chi connectivity index (χ4v) is 3.68. The van der Waals surface area contributed by atoms with E-state index >= 15 is 0 Å². The van der Waals surface area contributed by atoms with E-state index < -0.39 is 5.91 Å². The van der Waals surface area contributed by atoms with Crippen LogP contribution in [-0.4, -0.2) is 41.0 Å². The minimum Gasteiger partial charge on any atom is -0.366 e. The summed E-state index contributed by atoms with van der Waals surface area (Å²) in [5.74, 6) is -0.698. The van der Waals surface area contributed by atoms with E-state index in [-0.39, 0.29) is 23.5 Å². The average molecular weight is 414 g/mol. The van der Waals surface area contributed by atoms with Crippen molar-refractivity contribution in [2.75, 3.05) is 18.4 Å². The molecule has 0 radical (unpaired) electrons. The van der Waals surface area contributed by atoms with Crippen LogP contribution in [0.25, 0.3) is 0 Å². The Balaban J connectivity index is 1.86. The number of nitrogens with two attached hydrogens (primary N) is 1. The van der Waals surface area contributed by atoms with E-state index in [9.17, 15) is 14.4 Å². The van der Waals surface area contributed by atoms with Crippen LogP contribution >= 0.6 is 11.8 Å². The van der Waals surface area contributed by atoms with Crippen molar-refractivity contribution in [2.45, 2.75) is 37.3 Å². The van der Waals surface area contributed by atoms with Crippen LogP contribution in [0.15, 0.2) is 53.4 Å². The van der Waals surface area contributed by atoms with Gasteiger partial charge in [0.05, 0.1) is 5.25 Å². The normalized spacial score (nSPS) is 11.6. The van der Waals surface area contributed by atoms with Gasteiger partial charge < -0.3 is 16.0 Å². The fraction of sp³-hybridized carbons (Fsp3) is 0.318. The molecule has 6 nitrogen and oxygen atoms in total. The number of primary amides is 1. The van der Waals surface area contributed by atoms with Crippen molar-refractivity contribution < 1.29 is 14.4 Å². The molecule has 0 bridgehead atoms. The van der Waals surface area contributed by atoms with Crippen LogP contribution in [0.2, 0.25) is 0 Å². The number of nitrogens with zero attached hydrogens (tertiary/aromatic N) is 1. The van der Waals surface area contributed by atoms with E-state index in [1.807, 2.05) is 45.0 Å². The van der Waals surface area contributed by atoms with Gasteiger partial charge in [0.2, 0.25) is 17.7 Å². The second-order valence-corrected chi connectivity index (χ2v) is 8.15. The summed E-state index contributed by atoms with van der Waals surface area (Å²) in [4.78, 5) is 38.8. The quantitative estimate of drug-likeness (QED) is 0.616. The molecular formula is C22H27N3O3S. The molecule has 7 heteroatoms. The molecule has 2 aromatic carbocycles. The van der Waals surface area contributed by atoms with Crippen molar-refractivity contribution in [3.63, 3.8) is 0 Å². The first-order chi connectivity index (χ1) is 13.8. The van der Waals surface area contributed by atoms with Gasteiger partial charge in [0.1, 0.15) is 0 Å². The molecule has 3 N–H and O–H groups in total. The fourth-order valence-electron chi connectivity index (χ4n) is 2.73. The predicted molar refractivity (Wildman–Crippen MR) is 117 cm³/mol. The van der Waals surface area contributed by atoms with E-state index in [4.69, 9.17) is 5.73 Å². The first kappa shape index (κ1) is 22.5. The third-order valence-corrected chi connectivity index (χ3v) is 5.54. The van der Waals surface area contributed by atoms with Gasteiger partial charge in [-0.1, -0.05) is 17.7 Å². The number of nitrogens with one attached hydrogen (secondary N) is 1. The van der Waals surface area contributed by atoms with Gasteiger partial charge in [0, 0.05) is 35.7 Å². The molecule has 0 saturated heterocycles. The Morgan fingerprint density at radius 2 is 1.69 bits per heavy atom. The van der Waals surface area contributed by atoms with Gasteiger partial charge in [0.25, 0.3) is 0 Å². The SMILES string of the molecule is CCN(CCC(=O)Nc1ccc(C(N)=O)cc1)C(=O)C(C)Sc1ccc(C)cc1. The lowest BCUT2D eigenvalue weighted by atomic mass is 10.2. The van der Waals surface area contributed by atoms with E-state index in [1.54, 1.807) is 29.2 Å². The van der Waals surface area contributed by atoms with Crippen LogP contribution < -0.4 is 11.1 Å².